The van der Waals surface area contributed by atoms with Crippen molar-refractivity contribution in [3.63, 3.8) is 0 Å². The smallest absolute Gasteiger partial charge is 0.343 e. The second-order valence-electron chi connectivity index (χ2n) is 10.1. The number of hydrogen-bond donors (Lipinski definition) is 0. The molecule has 1 aliphatic rings. The van der Waals surface area contributed by atoms with Crippen LogP contribution in [0, 0.1) is 0 Å². The molecule has 0 saturated heterocycles. The van der Waals surface area contributed by atoms with Gasteiger partial charge in [0.05, 0.1) is 54.8 Å². The Morgan fingerprint density at radius 3 is 2.49 bits per heavy atom. The average molecular weight is 661 g/mol. The van der Waals surface area contributed by atoms with Crippen molar-refractivity contribution in [1.29, 1.82) is 0 Å². The minimum Gasteiger partial charge on any atom is -0.490 e. The van der Waals surface area contributed by atoms with Gasteiger partial charge in [0.25, 0.3) is 5.56 Å². The van der Waals surface area contributed by atoms with Crippen molar-refractivity contribution < 1.29 is 42.5 Å². The summed E-state index contributed by atoms with van der Waals surface area (Å²) >= 11 is 1.15. The van der Waals surface area contributed by atoms with Crippen molar-refractivity contribution in [2.45, 2.75) is 26.8 Å². The van der Waals surface area contributed by atoms with Crippen molar-refractivity contribution in [3.05, 3.63) is 102 Å². The number of benzene rings is 2. The number of ether oxygens (including phenoxy) is 5. The standard InChI is InChI=1S/C34H32N2O10S/c1-6-43-26-16-21(11-13-25(26)45-18-28(37)41-4)30-29(33(40)44-7-2)19(3)35-34-36(30)31(38)27(47-34)17-23-12-14-24(46-23)20-9-8-10-22(15-20)32(39)42-5/h8-17,30H,6-7,18H2,1-5H3/b27-17+/t30-/m1/s1. The van der Waals surface area contributed by atoms with Crippen LogP contribution in [0.4, 0.5) is 0 Å². The lowest BCUT2D eigenvalue weighted by atomic mass is 9.95. The highest BCUT2D eigenvalue weighted by Gasteiger charge is 2.34. The van der Waals surface area contributed by atoms with Gasteiger partial charge in [-0.3, -0.25) is 9.36 Å². The van der Waals surface area contributed by atoms with Crippen molar-refractivity contribution in [2.24, 2.45) is 4.99 Å². The van der Waals surface area contributed by atoms with Gasteiger partial charge < -0.3 is 28.1 Å². The molecule has 1 aliphatic heterocycles. The van der Waals surface area contributed by atoms with Crippen LogP contribution < -0.4 is 24.4 Å². The highest BCUT2D eigenvalue weighted by molar-refractivity contribution is 7.07. The number of carbonyl (C=O) groups excluding carboxylic acids is 3. The first-order valence-electron chi connectivity index (χ1n) is 14.6. The average Bonchev–Trinajstić information content (AvgIpc) is 3.67. The molecular weight excluding hydrogens is 628 g/mol. The molecule has 0 unspecified atom stereocenters. The summed E-state index contributed by atoms with van der Waals surface area (Å²) in [6, 6.07) is 14.3. The number of hydrogen-bond acceptors (Lipinski definition) is 12. The summed E-state index contributed by atoms with van der Waals surface area (Å²) in [6.07, 6.45) is 1.60. The fourth-order valence-electron chi connectivity index (χ4n) is 5.02. The monoisotopic (exact) mass is 660 g/mol. The molecule has 0 N–H and O–H groups in total. The van der Waals surface area contributed by atoms with Gasteiger partial charge in [0, 0.05) is 11.6 Å². The molecule has 0 saturated carbocycles. The van der Waals surface area contributed by atoms with Gasteiger partial charge in [-0.2, -0.15) is 0 Å². The molecule has 4 aromatic rings. The predicted molar refractivity (Wildman–Crippen MR) is 171 cm³/mol. The maximum atomic E-state index is 14.1. The maximum absolute atomic E-state index is 14.1. The van der Waals surface area contributed by atoms with Crippen LogP contribution in [-0.4, -0.2) is 56.5 Å². The van der Waals surface area contributed by atoms with Crippen LogP contribution in [0.2, 0.25) is 0 Å². The Bertz CT molecular complexity index is 2050. The van der Waals surface area contributed by atoms with Crippen LogP contribution in [0.1, 0.15) is 48.5 Å². The lowest BCUT2D eigenvalue weighted by Gasteiger charge is -2.25. The summed E-state index contributed by atoms with van der Waals surface area (Å²) < 4.78 is 34.1. The summed E-state index contributed by atoms with van der Waals surface area (Å²) in [4.78, 5) is 56.0. The van der Waals surface area contributed by atoms with E-state index in [1.807, 2.05) is 0 Å². The first-order chi connectivity index (χ1) is 22.7. The molecule has 0 spiro atoms. The number of rotatable bonds is 11. The molecule has 2 aromatic carbocycles. The molecule has 0 bridgehead atoms. The van der Waals surface area contributed by atoms with E-state index in [2.05, 4.69) is 9.73 Å². The van der Waals surface area contributed by atoms with E-state index in [0.717, 1.165) is 11.3 Å². The number of carbonyl (C=O) groups is 3. The first kappa shape index (κ1) is 32.9. The molecule has 0 aliphatic carbocycles. The van der Waals surface area contributed by atoms with Gasteiger partial charge in [-0.1, -0.05) is 29.5 Å². The fourth-order valence-corrected chi connectivity index (χ4v) is 6.04. The molecule has 2 aromatic heterocycles. The number of aromatic nitrogens is 1. The van der Waals surface area contributed by atoms with Gasteiger partial charge >= 0.3 is 17.9 Å². The molecule has 1 atom stereocenters. The van der Waals surface area contributed by atoms with E-state index in [-0.39, 0.29) is 24.5 Å². The van der Waals surface area contributed by atoms with Crippen LogP contribution in [0.25, 0.3) is 17.4 Å². The molecule has 0 fully saturated rings. The minimum absolute atomic E-state index is 0.126. The van der Waals surface area contributed by atoms with E-state index in [0.29, 0.717) is 55.6 Å². The van der Waals surface area contributed by atoms with Crippen LogP contribution in [-0.2, 0) is 23.8 Å². The third kappa shape index (κ3) is 6.89. The summed E-state index contributed by atoms with van der Waals surface area (Å²) in [7, 11) is 2.57. The van der Waals surface area contributed by atoms with Crippen LogP contribution in [0.3, 0.4) is 0 Å². The van der Waals surface area contributed by atoms with Crippen molar-refractivity contribution in [3.8, 4) is 22.8 Å². The van der Waals surface area contributed by atoms with Crippen molar-refractivity contribution in [1.82, 2.24) is 4.57 Å². The molecule has 3 heterocycles. The molecule has 0 radical (unpaired) electrons. The molecule has 244 valence electrons. The van der Waals surface area contributed by atoms with Gasteiger partial charge in [-0.25, -0.2) is 19.4 Å². The second kappa shape index (κ2) is 14.3. The SMILES string of the molecule is CCOC(=O)C1=C(C)N=c2s/c(=C/c3ccc(-c4cccc(C(=O)OC)c4)o3)c(=O)n2[C@@H]1c1ccc(OCC(=O)OC)c(OCC)c1. The van der Waals surface area contributed by atoms with E-state index >= 15 is 0 Å². The van der Waals surface area contributed by atoms with Gasteiger partial charge in [-0.05, 0) is 62.7 Å². The first-order valence-corrected chi connectivity index (χ1v) is 15.4. The van der Waals surface area contributed by atoms with Crippen molar-refractivity contribution >= 4 is 35.3 Å². The number of fused-ring (bicyclic) bond motifs is 1. The van der Waals surface area contributed by atoms with Gasteiger partial charge in [-0.15, -0.1) is 0 Å². The van der Waals surface area contributed by atoms with Gasteiger partial charge in [0.15, 0.2) is 22.9 Å². The molecule has 12 nitrogen and oxygen atoms in total. The van der Waals surface area contributed by atoms with E-state index in [9.17, 15) is 19.2 Å². The Morgan fingerprint density at radius 2 is 1.77 bits per heavy atom. The molecule has 0 amide bonds. The Morgan fingerprint density at radius 1 is 0.957 bits per heavy atom. The van der Waals surface area contributed by atoms with E-state index in [1.165, 1.54) is 18.8 Å². The molecule has 5 rings (SSSR count). The zero-order valence-electron chi connectivity index (χ0n) is 26.4. The summed E-state index contributed by atoms with van der Waals surface area (Å²) in [5.74, 6) is -0.148. The predicted octanol–water partition coefficient (Wildman–Crippen LogP) is 3.80. The second-order valence-corrected chi connectivity index (χ2v) is 11.1. The minimum atomic E-state index is -0.908. The maximum Gasteiger partial charge on any atom is 0.343 e. The topological polar surface area (TPSA) is 145 Å². The normalized spacial score (nSPS) is 14.2. The lowest BCUT2D eigenvalue weighted by molar-refractivity contribution is -0.143. The van der Waals surface area contributed by atoms with E-state index < -0.39 is 29.5 Å². The number of methoxy groups -OCH3 is 2. The molecule has 13 heteroatoms. The van der Waals surface area contributed by atoms with E-state index in [1.54, 1.807) is 81.4 Å². The Kier molecular flexibility index (Phi) is 10.0. The van der Waals surface area contributed by atoms with Gasteiger partial charge in [0.2, 0.25) is 0 Å². The Hall–Kier alpha value is -5.43. The number of furan rings is 1. The summed E-state index contributed by atoms with van der Waals surface area (Å²) in [5, 5.41) is 0. The Balaban J connectivity index is 1.60. The number of nitrogens with zero attached hydrogens (tertiary/aromatic N) is 2. The van der Waals surface area contributed by atoms with E-state index in [4.69, 9.17) is 23.4 Å². The van der Waals surface area contributed by atoms with Crippen LogP contribution >= 0.6 is 11.3 Å². The molecular formula is C34H32N2O10S. The van der Waals surface area contributed by atoms with Crippen molar-refractivity contribution in [2.75, 3.05) is 34.0 Å². The highest BCUT2D eigenvalue weighted by atomic mass is 32.1. The Labute approximate surface area is 273 Å². The largest absolute Gasteiger partial charge is 0.490 e. The third-order valence-electron chi connectivity index (χ3n) is 7.14. The zero-order chi connectivity index (χ0) is 33.7. The van der Waals surface area contributed by atoms with Crippen LogP contribution in [0.5, 0.6) is 11.5 Å². The number of allylic oxidation sites excluding steroid dienone is 1. The lowest BCUT2D eigenvalue weighted by Crippen LogP contribution is -2.40. The summed E-state index contributed by atoms with van der Waals surface area (Å²) in [6.45, 7) is 5.27. The van der Waals surface area contributed by atoms with Crippen LogP contribution in [0.15, 0.2) is 80.1 Å². The molecule has 47 heavy (non-hydrogen) atoms. The highest BCUT2D eigenvalue weighted by Crippen LogP contribution is 2.36. The number of esters is 3. The third-order valence-corrected chi connectivity index (χ3v) is 8.12. The summed E-state index contributed by atoms with van der Waals surface area (Å²) in [5.41, 5.74) is 1.77. The van der Waals surface area contributed by atoms with Gasteiger partial charge in [0.1, 0.15) is 11.5 Å². The fraction of sp³-hybridized carbons (Fsp3) is 0.265. The number of thiazole rings is 1. The quantitative estimate of drug-likeness (QED) is 0.172. The zero-order valence-corrected chi connectivity index (χ0v) is 27.2.